The summed E-state index contributed by atoms with van der Waals surface area (Å²) < 4.78 is 0. The third kappa shape index (κ3) is 2.90. The summed E-state index contributed by atoms with van der Waals surface area (Å²) in [5.74, 6) is 1.69. The first kappa shape index (κ1) is 14.1. The molecule has 1 aromatic carbocycles. The van der Waals surface area contributed by atoms with E-state index in [2.05, 4.69) is 15.6 Å². The number of benzene rings is 1. The molecule has 0 aliphatic carbocycles. The van der Waals surface area contributed by atoms with E-state index in [1.54, 1.807) is 11.3 Å². The van der Waals surface area contributed by atoms with Crippen LogP contribution in [0.1, 0.15) is 12.8 Å². The van der Waals surface area contributed by atoms with Crippen LogP contribution in [0.25, 0.3) is 21.6 Å². The van der Waals surface area contributed by atoms with Gasteiger partial charge < -0.3 is 10.6 Å². The molecule has 1 unspecified atom stereocenters. The number of nitrogens with one attached hydrogen (secondary N) is 2. The molecule has 1 fully saturated rings. The Morgan fingerprint density at radius 1 is 1.17 bits per heavy atom. The summed E-state index contributed by atoms with van der Waals surface area (Å²) in [6.45, 7) is 0.630. The van der Waals surface area contributed by atoms with Crippen LogP contribution in [0.4, 0.5) is 5.82 Å². The molecule has 116 valence electrons. The minimum Gasteiger partial charge on any atom is -0.365 e. The first-order valence-electron chi connectivity index (χ1n) is 7.63. The molecule has 4 rings (SSSR count). The summed E-state index contributed by atoms with van der Waals surface area (Å²) in [5, 5.41) is 9.42. The molecule has 1 amide bonds. The molecule has 1 aliphatic rings. The van der Waals surface area contributed by atoms with E-state index < -0.39 is 0 Å². The molecule has 23 heavy (non-hydrogen) atoms. The second-order valence-corrected chi connectivity index (χ2v) is 6.52. The molecule has 0 bridgehead atoms. The van der Waals surface area contributed by atoms with E-state index in [9.17, 15) is 4.79 Å². The molecular weight excluding hydrogens is 308 g/mol. The lowest BCUT2D eigenvalue weighted by atomic mass is 10.1. The zero-order chi connectivity index (χ0) is 15.6. The zero-order valence-corrected chi connectivity index (χ0v) is 13.3. The minimum atomic E-state index is 0.120. The molecule has 1 atom stereocenters. The predicted octanol–water partition coefficient (Wildman–Crippen LogP) is 3.05. The number of aromatic nitrogens is 2. The van der Waals surface area contributed by atoms with E-state index in [1.807, 2.05) is 41.8 Å². The van der Waals surface area contributed by atoms with Crippen LogP contribution in [0.3, 0.4) is 0 Å². The van der Waals surface area contributed by atoms with E-state index in [-0.39, 0.29) is 11.9 Å². The number of rotatable bonds is 3. The number of thiophene rings is 1. The first-order chi connectivity index (χ1) is 11.3. The highest BCUT2D eigenvalue weighted by Crippen LogP contribution is 2.28. The summed E-state index contributed by atoms with van der Waals surface area (Å²) in [6, 6.07) is 12.2. The van der Waals surface area contributed by atoms with Crippen molar-refractivity contribution in [1.82, 2.24) is 15.3 Å². The molecule has 0 radical (unpaired) electrons. The molecule has 6 heteroatoms. The number of hydrogen-bond donors (Lipinski definition) is 2. The Bertz CT molecular complexity index is 837. The number of anilines is 1. The molecule has 0 spiro atoms. The predicted molar refractivity (Wildman–Crippen MR) is 92.5 cm³/mol. The number of hydrogen-bond acceptors (Lipinski definition) is 5. The molecule has 3 heterocycles. The van der Waals surface area contributed by atoms with Crippen LogP contribution in [0.2, 0.25) is 0 Å². The lowest BCUT2D eigenvalue weighted by Gasteiger charge is -2.24. The van der Waals surface area contributed by atoms with Gasteiger partial charge in [0.2, 0.25) is 5.91 Å². The van der Waals surface area contributed by atoms with Crippen LogP contribution in [0, 0.1) is 0 Å². The van der Waals surface area contributed by atoms with Gasteiger partial charge in [-0.2, -0.15) is 0 Å². The van der Waals surface area contributed by atoms with Crippen LogP contribution in [-0.4, -0.2) is 28.5 Å². The lowest BCUT2D eigenvalue weighted by molar-refractivity contribution is -0.122. The van der Waals surface area contributed by atoms with Crippen molar-refractivity contribution in [2.24, 2.45) is 0 Å². The van der Waals surface area contributed by atoms with Gasteiger partial charge in [-0.3, -0.25) is 4.79 Å². The molecule has 3 aromatic rings. The number of carbonyl (C=O) groups excluding carboxylic acids is 1. The van der Waals surface area contributed by atoms with Gasteiger partial charge in [0, 0.05) is 24.4 Å². The van der Waals surface area contributed by atoms with Gasteiger partial charge in [0.1, 0.15) is 5.82 Å². The van der Waals surface area contributed by atoms with Crippen molar-refractivity contribution >= 4 is 34.0 Å². The Hall–Kier alpha value is -2.47. The van der Waals surface area contributed by atoms with Gasteiger partial charge in [-0.25, -0.2) is 9.97 Å². The average Bonchev–Trinajstić information content (AvgIpc) is 3.11. The summed E-state index contributed by atoms with van der Waals surface area (Å²) >= 11 is 1.63. The van der Waals surface area contributed by atoms with Gasteiger partial charge in [0.15, 0.2) is 5.82 Å². The molecule has 0 saturated carbocycles. The fourth-order valence-electron chi connectivity index (χ4n) is 2.75. The average molecular weight is 324 g/mol. The fourth-order valence-corrected chi connectivity index (χ4v) is 3.41. The molecular formula is C17H16N4OS. The van der Waals surface area contributed by atoms with Crippen molar-refractivity contribution in [3.05, 3.63) is 41.8 Å². The topological polar surface area (TPSA) is 66.9 Å². The van der Waals surface area contributed by atoms with Crippen LogP contribution < -0.4 is 10.6 Å². The van der Waals surface area contributed by atoms with Crippen LogP contribution >= 0.6 is 11.3 Å². The molecule has 2 N–H and O–H groups in total. The largest absolute Gasteiger partial charge is 0.365 e. The molecule has 2 aromatic heterocycles. The van der Waals surface area contributed by atoms with E-state index in [1.165, 1.54) is 0 Å². The summed E-state index contributed by atoms with van der Waals surface area (Å²) in [5.41, 5.74) is 0.924. The maximum absolute atomic E-state index is 11.3. The monoisotopic (exact) mass is 324 g/mol. The smallest absolute Gasteiger partial charge is 0.220 e. The second kappa shape index (κ2) is 5.96. The number of para-hydroxylation sites is 1. The number of nitrogens with zero attached hydrogens (tertiary/aromatic N) is 2. The van der Waals surface area contributed by atoms with Gasteiger partial charge in [0.25, 0.3) is 0 Å². The SMILES string of the molecule is O=C1CCC(Nc2nc(-c3cccs3)nc3ccccc23)CN1. The quantitative estimate of drug-likeness (QED) is 0.777. The Morgan fingerprint density at radius 2 is 2.09 bits per heavy atom. The maximum atomic E-state index is 11.3. The van der Waals surface area contributed by atoms with Crippen molar-refractivity contribution in [3.8, 4) is 10.7 Å². The summed E-state index contributed by atoms with van der Waals surface area (Å²) in [6.07, 6.45) is 1.37. The first-order valence-corrected chi connectivity index (χ1v) is 8.51. The van der Waals surface area contributed by atoms with Crippen molar-refractivity contribution in [2.45, 2.75) is 18.9 Å². The van der Waals surface area contributed by atoms with Crippen molar-refractivity contribution < 1.29 is 4.79 Å². The Morgan fingerprint density at radius 3 is 2.87 bits per heavy atom. The van der Waals surface area contributed by atoms with E-state index in [4.69, 9.17) is 4.98 Å². The Kier molecular flexibility index (Phi) is 3.67. The van der Waals surface area contributed by atoms with Gasteiger partial charge in [-0.05, 0) is 30.0 Å². The molecule has 1 aliphatic heterocycles. The molecule has 1 saturated heterocycles. The highest BCUT2D eigenvalue weighted by molar-refractivity contribution is 7.13. The maximum Gasteiger partial charge on any atom is 0.220 e. The van der Waals surface area contributed by atoms with E-state index in [0.717, 1.165) is 33.8 Å². The number of fused-ring (bicyclic) bond motifs is 1. The van der Waals surface area contributed by atoms with Crippen molar-refractivity contribution in [1.29, 1.82) is 0 Å². The number of piperidine rings is 1. The fraction of sp³-hybridized carbons (Fsp3) is 0.235. The molecule has 5 nitrogen and oxygen atoms in total. The van der Waals surface area contributed by atoms with E-state index in [0.29, 0.717) is 13.0 Å². The third-order valence-electron chi connectivity index (χ3n) is 3.95. The lowest BCUT2D eigenvalue weighted by Crippen LogP contribution is -2.42. The normalized spacial score (nSPS) is 17.9. The highest BCUT2D eigenvalue weighted by Gasteiger charge is 2.19. The Labute approximate surface area is 137 Å². The number of carbonyl (C=O) groups is 1. The van der Waals surface area contributed by atoms with E-state index >= 15 is 0 Å². The number of amides is 1. The van der Waals surface area contributed by atoms with Gasteiger partial charge in [-0.15, -0.1) is 11.3 Å². The van der Waals surface area contributed by atoms with Crippen molar-refractivity contribution in [2.75, 3.05) is 11.9 Å². The van der Waals surface area contributed by atoms with Gasteiger partial charge in [-0.1, -0.05) is 18.2 Å². The summed E-state index contributed by atoms with van der Waals surface area (Å²) in [4.78, 5) is 21.8. The van der Waals surface area contributed by atoms with Crippen molar-refractivity contribution in [3.63, 3.8) is 0 Å². The van der Waals surface area contributed by atoms with Gasteiger partial charge in [0.05, 0.1) is 10.4 Å². The highest BCUT2D eigenvalue weighted by atomic mass is 32.1. The second-order valence-electron chi connectivity index (χ2n) is 5.57. The Balaban J connectivity index is 1.73. The minimum absolute atomic E-state index is 0.120. The standard InChI is InChI=1S/C17H16N4OS/c22-15-8-7-11(10-18-15)19-16-12-4-1-2-5-13(12)20-17(21-16)14-6-3-9-23-14/h1-6,9,11H,7-8,10H2,(H,18,22)(H,19,20,21). The van der Waals surface area contributed by atoms with Crippen LogP contribution in [-0.2, 0) is 4.79 Å². The third-order valence-corrected chi connectivity index (χ3v) is 4.82. The van der Waals surface area contributed by atoms with Gasteiger partial charge >= 0.3 is 0 Å². The van der Waals surface area contributed by atoms with Crippen LogP contribution in [0.15, 0.2) is 41.8 Å². The zero-order valence-electron chi connectivity index (χ0n) is 12.5. The van der Waals surface area contributed by atoms with Crippen LogP contribution in [0.5, 0.6) is 0 Å². The summed E-state index contributed by atoms with van der Waals surface area (Å²) in [7, 11) is 0.